The molecule has 0 unspecified atom stereocenters. The van der Waals surface area contributed by atoms with Gasteiger partial charge in [0.1, 0.15) is 0 Å². The molecule has 0 saturated carbocycles. The van der Waals surface area contributed by atoms with Gasteiger partial charge in [-0.1, -0.05) is 0 Å². The molecular weight excluding hydrogens is 132 g/mol. The molecule has 0 amide bonds. The molecule has 0 aromatic heterocycles. The summed E-state index contributed by atoms with van der Waals surface area (Å²) in [5.41, 5.74) is 0. The number of nitrogens with two attached hydrogens (primary N) is 1. The van der Waals surface area contributed by atoms with Crippen LogP contribution in [0.15, 0.2) is 0 Å². The summed E-state index contributed by atoms with van der Waals surface area (Å²) in [5.74, 6) is 5.40. The Bertz CT molecular complexity index is 79.7. The van der Waals surface area contributed by atoms with Crippen molar-refractivity contribution < 1.29 is 10.0 Å². The van der Waals surface area contributed by atoms with E-state index in [0.717, 1.165) is 25.9 Å². The predicted molar refractivity (Wildman–Crippen MR) is 36.7 cm³/mol. The van der Waals surface area contributed by atoms with Crippen molar-refractivity contribution >= 4 is 0 Å². The molecule has 1 heterocycles. The van der Waals surface area contributed by atoms with Crippen molar-refractivity contribution in [1.29, 1.82) is 0 Å². The van der Waals surface area contributed by atoms with E-state index >= 15 is 0 Å². The summed E-state index contributed by atoms with van der Waals surface area (Å²) in [4.78, 5) is 4.54. The highest BCUT2D eigenvalue weighted by Gasteiger charge is 2.17. The van der Waals surface area contributed by atoms with Gasteiger partial charge in [0.05, 0.1) is 0 Å². The molecule has 0 bridgehead atoms. The Balaban J connectivity index is 2.17. The lowest BCUT2D eigenvalue weighted by molar-refractivity contribution is -0.179. The van der Waals surface area contributed by atoms with E-state index in [1.165, 1.54) is 0 Å². The Morgan fingerprint density at radius 3 is 2.50 bits per heavy atom. The van der Waals surface area contributed by atoms with Gasteiger partial charge in [0, 0.05) is 19.7 Å². The number of aliphatic hydroxyl groups is 1. The van der Waals surface area contributed by atoms with E-state index in [1.54, 1.807) is 5.06 Å². The fourth-order valence-electron chi connectivity index (χ4n) is 1.20. The van der Waals surface area contributed by atoms with E-state index in [9.17, 15) is 0 Å². The van der Waals surface area contributed by atoms with Gasteiger partial charge in [-0.25, -0.2) is 4.94 Å². The molecule has 4 nitrogen and oxygen atoms in total. The van der Waals surface area contributed by atoms with Crippen molar-refractivity contribution in [3.8, 4) is 0 Å². The molecule has 0 aliphatic carbocycles. The first-order valence-electron chi connectivity index (χ1n) is 3.59. The lowest BCUT2D eigenvalue weighted by Gasteiger charge is -2.27. The second-order valence-electron chi connectivity index (χ2n) is 2.66. The second-order valence-corrected chi connectivity index (χ2v) is 2.66. The molecule has 0 atom stereocenters. The van der Waals surface area contributed by atoms with Gasteiger partial charge < -0.3 is 5.11 Å². The second kappa shape index (κ2) is 3.88. The molecule has 0 aromatic carbocycles. The smallest absolute Gasteiger partial charge is 0.0460 e. The van der Waals surface area contributed by atoms with Gasteiger partial charge in [0.2, 0.25) is 0 Å². The third-order valence-corrected chi connectivity index (χ3v) is 1.98. The number of piperidine rings is 1. The van der Waals surface area contributed by atoms with Gasteiger partial charge in [-0.3, -0.25) is 0 Å². The summed E-state index contributed by atoms with van der Waals surface area (Å²) in [6, 6.07) is 0. The van der Waals surface area contributed by atoms with Gasteiger partial charge in [0.25, 0.3) is 0 Å². The molecule has 1 aliphatic rings. The molecule has 1 fully saturated rings. The predicted octanol–water partition coefficient (Wildman–Crippen LogP) is -0.504. The van der Waals surface area contributed by atoms with Gasteiger partial charge in [-0.15, -0.1) is 0 Å². The van der Waals surface area contributed by atoms with E-state index in [2.05, 4.69) is 4.94 Å². The third-order valence-electron chi connectivity index (χ3n) is 1.98. The zero-order valence-electron chi connectivity index (χ0n) is 5.99. The average molecular weight is 146 g/mol. The summed E-state index contributed by atoms with van der Waals surface area (Å²) in [5, 5.41) is 10.5. The van der Waals surface area contributed by atoms with Crippen LogP contribution in [0.1, 0.15) is 12.8 Å². The molecule has 1 saturated heterocycles. The van der Waals surface area contributed by atoms with Crippen LogP contribution in [-0.2, 0) is 4.94 Å². The topological polar surface area (TPSA) is 58.7 Å². The minimum atomic E-state index is 0.290. The highest BCUT2D eigenvalue weighted by atomic mass is 16.8. The molecule has 3 N–H and O–H groups in total. The van der Waals surface area contributed by atoms with Crippen molar-refractivity contribution in [3.05, 3.63) is 0 Å². The minimum absolute atomic E-state index is 0.290. The van der Waals surface area contributed by atoms with E-state index in [4.69, 9.17) is 11.0 Å². The third kappa shape index (κ3) is 1.91. The van der Waals surface area contributed by atoms with Crippen LogP contribution in [0.4, 0.5) is 0 Å². The minimum Gasteiger partial charge on any atom is -0.396 e. The van der Waals surface area contributed by atoms with Crippen LogP contribution in [-0.4, -0.2) is 29.9 Å². The van der Waals surface area contributed by atoms with Crippen LogP contribution >= 0.6 is 0 Å². The van der Waals surface area contributed by atoms with E-state index < -0.39 is 0 Å². The first-order chi connectivity index (χ1) is 4.86. The maximum atomic E-state index is 8.76. The molecule has 4 heteroatoms. The number of aliphatic hydroxyl groups excluding tert-OH is 1. The number of hydrogen-bond acceptors (Lipinski definition) is 4. The number of hydroxylamine groups is 2. The van der Waals surface area contributed by atoms with Crippen molar-refractivity contribution in [1.82, 2.24) is 5.06 Å². The Hall–Kier alpha value is -0.160. The van der Waals surface area contributed by atoms with E-state index in [0.29, 0.717) is 12.5 Å². The highest BCUT2D eigenvalue weighted by Crippen LogP contribution is 2.15. The Labute approximate surface area is 60.5 Å². The van der Waals surface area contributed by atoms with E-state index in [-0.39, 0.29) is 0 Å². The monoisotopic (exact) mass is 146 g/mol. The molecule has 0 radical (unpaired) electrons. The zero-order valence-corrected chi connectivity index (χ0v) is 5.99. The van der Waals surface area contributed by atoms with Crippen molar-refractivity contribution in [2.24, 2.45) is 11.8 Å². The van der Waals surface area contributed by atoms with Gasteiger partial charge >= 0.3 is 0 Å². The Morgan fingerprint density at radius 2 is 2.10 bits per heavy atom. The van der Waals surface area contributed by atoms with Gasteiger partial charge in [-0.05, 0) is 18.8 Å². The normalized spacial score (nSPS) is 23.4. The summed E-state index contributed by atoms with van der Waals surface area (Å²) in [7, 11) is 0. The molecule has 60 valence electrons. The average Bonchev–Trinajstić information content (AvgIpc) is 2.05. The maximum Gasteiger partial charge on any atom is 0.0460 e. The molecule has 0 spiro atoms. The Kier molecular flexibility index (Phi) is 3.08. The largest absolute Gasteiger partial charge is 0.396 e. The summed E-state index contributed by atoms with van der Waals surface area (Å²) in [6.45, 7) is 1.96. The standard InChI is InChI=1S/C6H14N2O2/c7-10-8-3-1-6(5-9)2-4-8/h6,9H,1-5,7H2. The number of rotatable bonds is 2. The summed E-state index contributed by atoms with van der Waals surface area (Å²) < 4.78 is 0. The highest BCUT2D eigenvalue weighted by molar-refractivity contribution is 4.66. The fourth-order valence-corrected chi connectivity index (χ4v) is 1.20. The molecular formula is C6H14N2O2. The van der Waals surface area contributed by atoms with Crippen LogP contribution in [0.2, 0.25) is 0 Å². The van der Waals surface area contributed by atoms with E-state index in [1.807, 2.05) is 0 Å². The number of hydrogen-bond donors (Lipinski definition) is 2. The summed E-state index contributed by atoms with van der Waals surface area (Å²) >= 11 is 0. The van der Waals surface area contributed by atoms with Crippen LogP contribution in [0, 0.1) is 5.92 Å². The lowest BCUT2D eigenvalue weighted by Crippen LogP contribution is -2.36. The van der Waals surface area contributed by atoms with Crippen LogP contribution in [0.3, 0.4) is 0 Å². The molecule has 0 aromatic rings. The van der Waals surface area contributed by atoms with Crippen LogP contribution < -0.4 is 5.90 Å². The fraction of sp³-hybridized carbons (Fsp3) is 1.00. The quantitative estimate of drug-likeness (QED) is 0.515. The first kappa shape index (κ1) is 7.94. The van der Waals surface area contributed by atoms with Crippen LogP contribution in [0.5, 0.6) is 0 Å². The maximum absolute atomic E-state index is 8.76. The molecule has 1 rings (SSSR count). The SMILES string of the molecule is NON1CCC(CO)CC1. The lowest BCUT2D eigenvalue weighted by atomic mass is 9.99. The molecule has 10 heavy (non-hydrogen) atoms. The zero-order chi connectivity index (χ0) is 7.40. The Morgan fingerprint density at radius 1 is 1.50 bits per heavy atom. The van der Waals surface area contributed by atoms with Crippen molar-refractivity contribution in [3.63, 3.8) is 0 Å². The molecule has 1 aliphatic heterocycles. The summed E-state index contributed by atoms with van der Waals surface area (Å²) in [6.07, 6.45) is 1.96. The van der Waals surface area contributed by atoms with Crippen molar-refractivity contribution in [2.45, 2.75) is 12.8 Å². The first-order valence-corrected chi connectivity index (χ1v) is 3.59. The number of nitrogens with zero attached hydrogens (tertiary/aromatic N) is 1. The van der Waals surface area contributed by atoms with Crippen molar-refractivity contribution in [2.75, 3.05) is 19.7 Å². The van der Waals surface area contributed by atoms with Gasteiger partial charge in [-0.2, -0.15) is 11.0 Å². The van der Waals surface area contributed by atoms with Crippen LogP contribution in [0.25, 0.3) is 0 Å². The van der Waals surface area contributed by atoms with Gasteiger partial charge in [0.15, 0.2) is 0 Å².